The van der Waals surface area contributed by atoms with Crippen molar-refractivity contribution in [3.8, 4) is 28.3 Å². The third kappa shape index (κ3) is 3.77. The van der Waals surface area contributed by atoms with Gasteiger partial charge in [-0.05, 0) is 32.9 Å². The van der Waals surface area contributed by atoms with E-state index in [1.165, 1.54) is 0 Å². The van der Waals surface area contributed by atoms with Gasteiger partial charge in [-0.15, -0.1) is 10.2 Å². The van der Waals surface area contributed by atoms with E-state index in [4.69, 9.17) is 0 Å². The van der Waals surface area contributed by atoms with E-state index in [0.717, 1.165) is 18.7 Å². The number of benzene rings is 1. The molecule has 1 fully saturated rings. The zero-order chi connectivity index (χ0) is 21.5. The minimum atomic E-state index is 0.0856. The summed E-state index contributed by atoms with van der Waals surface area (Å²) in [6.45, 7) is 7.76. The van der Waals surface area contributed by atoms with Crippen molar-refractivity contribution in [1.82, 2.24) is 40.1 Å². The SMILES string of the molecule is Cc1nc2cnc(-c3ccc(-c4cnc(N5C[C@@H](C)N[C@@H](C)C5)nn4)c(O)c3)cn2n1. The lowest BCUT2D eigenvalue weighted by Gasteiger charge is -2.35. The van der Waals surface area contributed by atoms with Crippen molar-refractivity contribution >= 4 is 11.6 Å². The number of anilines is 1. The van der Waals surface area contributed by atoms with Crippen molar-refractivity contribution in [2.75, 3.05) is 18.0 Å². The summed E-state index contributed by atoms with van der Waals surface area (Å²) >= 11 is 0. The van der Waals surface area contributed by atoms with Crippen LogP contribution in [0.25, 0.3) is 28.2 Å². The molecule has 0 radical (unpaired) electrons. The lowest BCUT2D eigenvalue weighted by molar-refractivity contribution is 0.402. The van der Waals surface area contributed by atoms with Crippen LogP contribution < -0.4 is 10.2 Å². The molecule has 4 aromatic rings. The number of nitrogens with one attached hydrogen (secondary N) is 1. The molecule has 2 N–H and O–H groups in total. The number of rotatable bonds is 3. The van der Waals surface area contributed by atoms with Crippen LogP contribution in [0.1, 0.15) is 19.7 Å². The van der Waals surface area contributed by atoms with E-state index in [2.05, 4.69) is 54.3 Å². The number of nitrogens with zero attached hydrogens (tertiary/aromatic N) is 8. The third-order valence-electron chi connectivity index (χ3n) is 5.29. The Bertz CT molecular complexity index is 1230. The van der Waals surface area contributed by atoms with E-state index in [-0.39, 0.29) is 5.75 Å². The summed E-state index contributed by atoms with van der Waals surface area (Å²) in [5, 5.41) is 27.0. The number of aromatic nitrogens is 7. The summed E-state index contributed by atoms with van der Waals surface area (Å²) in [6.07, 6.45) is 5.10. The molecular weight excluding hydrogens is 394 g/mol. The number of aryl methyl sites for hydroxylation is 1. The quantitative estimate of drug-likeness (QED) is 0.515. The summed E-state index contributed by atoms with van der Waals surface area (Å²) in [5.74, 6) is 1.36. The van der Waals surface area contributed by atoms with Crippen molar-refractivity contribution < 1.29 is 5.11 Å². The molecule has 10 heteroatoms. The molecule has 0 amide bonds. The molecule has 0 saturated carbocycles. The Morgan fingerprint density at radius 3 is 2.55 bits per heavy atom. The first-order valence-corrected chi connectivity index (χ1v) is 10.2. The highest BCUT2D eigenvalue weighted by Crippen LogP contribution is 2.31. The fourth-order valence-electron chi connectivity index (χ4n) is 3.99. The van der Waals surface area contributed by atoms with Gasteiger partial charge in [0, 0.05) is 36.3 Å². The number of phenolic OH excluding ortho intramolecular Hbond substituents is 1. The highest BCUT2D eigenvalue weighted by Gasteiger charge is 2.23. The maximum Gasteiger partial charge on any atom is 0.245 e. The molecule has 0 bridgehead atoms. The molecule has 0 aliphatic carbocycles. The number of hydrogen-bond donors (Lipinski definition) is 2. The smallest absolute Gasteiger partial charge is 0.245 e. The van der Waals surface area contributed by atoms with Crippen molar-refractivity contribution in [2.24, 2.45) is 0 Å². The summed E-state index contributed by atoms with van der Waals surface area (Å²) in [4.78, 5) is 15.3. The summed E-state index contributed by atoms with van der Waals surface area (Å²) in [5.41, 5.74) is 3.20. The minimum absolute atomic E-state index is 0.0856. The number of phenols is 1. The Labute approximate surface area is 179 Å². The van der Waals surface area contributed by atoms with E-state index in [9.17, 15) is 5.11 Å². The molecule has 0 spiro atoms. The van der Waals surface area contributed by atoms with Gasteiger partial charge < -0.3 is 15.3 Å². The van der Waals surface area contributed by atoms with E-state index in [0.29, 0.717) is 46.5 Å². The van der Waals surface area contributed by atoms with Crippen LogP contribution in [0.5, 0.6) is 5.75 Å². The van der Waals surface area contributed by atoms with Crippen molar-refractivity contribution in [3.63, 3.8) is 0 Å². The Hall–Kier alpha value is -3.66. The van der Waals surface area contributed by atoms with Crippen LogP contribution in [0.3, 0.4) is 0 Å². The second-order valence-electron chi connectivity index (χ2n) is 7.98. The molecule has 3 aromatic heterocycles. The maximum absolute atomic E-state index is 10.6. The molecule has 10 nitrogen and oxygen atoms in total. The van der Waals surface area contributed by atoms with E-state index >= 15 is 0 Å². The number of fused-ring (bicyclic) bond motifs is 1. The van der Waals surface area contributed by atoms with Gasteiger partial charge in [-0.3, -0.25) is 4.98 Å². The van der Waals surface area contributed by atoms with Crippen molar-refractivity contribution in [1.29, 1.82) is 0 Å². The van der Waals surface area contributed by atoms with Gasteiger partial charge in [0.2, 0.25) is 5.95 Å². The van der Waals surface area contributed by atoms with Gasteiger partial charge in [-0.1, -0.05) is 6.07 Å². The van der Waals surface area contributed by atoms with Crippen molar-refractivity contribution in [3.05, 3.63) is 42.6 Å². The van der Waals surface area contributed by atoms with Gasteiger partial charge in [-0.2, -0.15) is 5.10 Å². The molecule has 158 valence electrons. The van der Waals surface area contributed by atoms with E-state index < -0.39 is 0 Å². The highest BCUT2D eigenvalue weighted by atomic mass is 16.3. The largest absolute Gasteiger partial charge is 0.507 e. The van der Waals surface area contributed by atoms with Crippen LogP contribution in [0.15, 0.2) is 36.8 Å². The second kappa shape index (κ2) is 7.55. The van der Waals surface area contributed by atoms with Gasteiger partial charge in [0.05, 0.1) is 24.3 Å². The first-order valence-electron chi connectivity index (χ1n) is 10.2. The highest BCUT2D eigenvalue weighted by molar-refractivity contribution is 5.72. The Morgan fingerprint density at radius 2 is 1.84 bits per heavy atom. The normalized spacial score (nSPS) is 19.1. The van der Waals surface area contributed by atoms with Gasteiger partial charge in [0.1, 0.15) is 17.3 Å². The van der Waals surface area contributed by atoms with Crippen LogP contribution in [0.4, 0.5) is 5.95 Å². The molecule has 1 aromatic carbocycles. The van der Waals surface area contributed by atoms with Gasteiger partial charge in [0.15, 0.2) is 5.65 Å². The average molecular weight is 417 g/mol. The van der Waals surface area contributed by atoms with Crippen LogP contribution in [0.2, 0.25) is 0 Å². The lowest BCUT2D eigenvalue weighted by Crippen LogP contribution is -2.54. The summed E-state index contributed by atoms with van der Waals surface area (Å²) in [6, 6.07) is 6.05. The standard InChI is InChI=1S/C21H23N9O/c1-12-9-29(10-13(2)24-12)21-23-7-17(26-27-21)16-5-4-15(6-19(16)31)18-11-30-20(8-22-18)25-14(3)28-30/h4-8,11-13,24,31H,9-10H2,1-3H3/t12-,13+. The molecule has 1 saturated heterocycles. The molecule has 0 unspecified atom stereocenters. The van der Waals surface area contributed by atoms with Crippen LogP contribution in [0, 0.1) is 6.92 Å². The fourth-order valence-corrected chi connectivity index (χ4v) is 3.99. The third-order valence-corrected chi connectivity index (χ3v) is 5.29. The predicted molar refractivity (Wildman–Crippen MR) is 116 cm³/mol. The molecule has 4 heterocycles. The molecule has 1 aliphatic heterocycles. The molecule has 5 rings (SSSR count). The van der Waals surface area contributed by atoms with E-state index in [1.54, 1.807) is 35.2 Å². The predicted octanol–water partition coefficient (Wildman–Crippen LogP) is 1.84. The monoisotopic (exact) mass is 417 g/mol. The maximum atomic E-state index is 10.6. The first-order chi connectivity index (χ1) is 15.0. The molecule has 1 aliphatic rings. The first kappa shape index (κ1) is 19.3. The van der Waals surface area contributed by atoms with Crippen LogP contribution in [-0.2, 0) is 0 Å². The van der Waals surface area contributed by atoms with Gasteiger partial charge in [0.25, 0.3) is 0 Å². The number of hydrogen-bond acceptors (Lipinski definition) is 9. The zero-order valence-electron chi connectivity index (χ0n) is 17.6. The van der Waals surface area contributed by atoms with Crippen LogP contribution >= 0.6 is 0 Å². The Balaban J connectivity index is 1.40. The zero-order valence-corrected chi connectivity index (χ0v) is 17.6. The summed E-state index contributed by atoms with van der Waals surface area (Å²) in [7, 11) is 0. The number of aromatic hydroxyl groups is 1. The molecule has 31 heavy (non-hydrogen) atoms. The molecule has 2 atom stereocenters. The molecular formula is C21H23N9O. The van der Waals surface area contributed by atoms with Gasteiger partial charge in [-0.25, -0.2) is 14.5 Å². The fraction of sp³-hybridized carbons (Fsp3) is 0.333. The van der Waals surface area contributed by atoms with Crippen molar-refractivity contribution in [2.45, 2.75) is 32.9 Å². The lowest BCUT2D eigenvalue weighted by atomic mass is 10.1. The average Bonchev–Trinajstić information content (AvgIpc) is 3.12. The van der Waals surface area contributed by atoms with E-state index in [1.807, 2.05) is 13.0 Å². The Morgan fingerprint density at radius 1 is 1.03 bits per heavy atom. The van der Waals surface area contributed by atoms with Crippen LogP contribution in [-0.4, -0.2) is 65.0 Å². The number of piperazine rings is 1. The minimum Gasteiger partial charge on any atom is -0.507 e. The second-order valence-corrected chi connectivity index (χ2v) is 7.98. The van der Waals surface area contributed by atoms with Gasteiger partial charge >= 0.3 is 0 Å². The topological polar surface area (TPSA) is 117 Å². The summed E-state index contributed by atoms with van der Waals surface area (Å²) < 4.78 is 1.68. The Kier molecular flexibility index (Phi) is 4.70.